The van der Waals surface area contributed by atoms with Crippen molar-refractivity contribution in [1.29, 1.82) is 0 Å². The summed E-state index contributed by atoms with van der Waals surface area (Å²) in [4.78, 5) is 8.46. The summed E-state index contributed by atoms with van der Waals surface area (Å²) >= 11 is 5.92. The van der Waals surface area contributed by atoms with Crippen LogP contribution in [0.25, 0.3) is 11.0 Å². The van der Waals surface area contributed by atoms with Crippen molar-refractivity contribution in [1.82, 2.24) is 14.5 Å². The van der Waals surface area contributed by atoms with Crippen LogP contribution in [-0.2, 0) is 6.54 Å². The first-order valence-corrected chi connectivity index (χ1v) is 6.76. The van der Waals surface area contributed by atoms with E-state index >= 15 is 0 Å². The van der Waals surface area contributed by atoms with Crippen LogP contribution in [0.4, 0.5) is 5.82 Å². The van der Waals surface area contributed by atoms with E-state index in [1.807, 2.05) is 24.3 Å². The lowest BCUT2D eigenvalue weighted by Gasteiger charge is -2.08. The number of nitrogens with two attached hydrogens (primary N) is 1. The highest BCUT2D eigenvalue weighted by atomic mass is 35.5. The number of hydrogen-bond acceptors (Lipinski definition) is 3. The van der Waals surface area contributed by atoms with Gasteiger partial charge in [-0.3, -0.25) is 0 Å². The molecule has 0 saturated carbocycles. The molecule has 0 unspecified atom stereocenters. The Morgan fingerprint density at radius 2 is 1.85 bits per heavy atom. The van der Waals surface area contributed by atoms with E-state index in [1.165, 1.54) is 11.9 Å². The van der Waals surface area contributed by atoms with Crippen LogP contribution in [0, 0.1) is 13.8 Å². The fraction of sp³-hybridized carbons (Fsp3) is 0.200. The smallest absolute Gasteiger partial charge is 0.146 e. The fourth-order valence-corrected chi connectivity index (χ4v) is 2.59. The van der Waals surface area contributed by atoms with Crippen LogP contribution in [0.1, 0.15) is 16.8 Å². The molecule has 0 aliphatic heterocycles. The first kappa shape index (κ1) is 12.9. The number of rotatable bonds is 2. The summed E-state index contributed by atoms with van der Waals surface area (Å²) in [5.74, 6) is 0.533. The second kappa shape index (κ2) is 4.80. The molecule has 3 rings (SSSR count). The van der Waals surface area contributed by atoms with E-state index in [0.717, 1.165) is 33.9 Å². The Bertz CT molecular complexity index is 775. The minimum atomic E-state index is 0.533. The summed E-state index contributed by atoms with van der Waals surface area (Å²) in [6.45, 7) is 4.87. The zero-order valence-corrected chi connectivity index (χ0v) is 12.1. The molecule has 102 valence electrons. The number of anilines is 1. The maximum Gasteiger partial charge on any atom is 0.146 e. The topological polar surface area (TPSA) is 56.7 Å². The van der Waals surface area contributed by atoms with Gasteiger partial charge in [0.05, 0.1) is 5.39 Å². The Morgan fingerprint density at radius 1 is 1.15 bits per heavy atom. The second-order valence-electron chi connectivity index (χ2n) is 4.88. The molecule has 0 aliphatic carbocycles. The van der Waals surface area contributed by atoms with E-state index in [2.05, 4.69) is 28.4 Å². The number of hydrogen-bond donors (Lipinski definition) is 1. The number of fused-ring (bicyclic) bond motifs is 1. The predicted octanol–water partition coefficient (Wildman–Crippen LogP) is 3.33. The summed E-state index contributed by atoms with van der Waals surface area (Å²) in [5.41, 5.74) is 10.3. The minimum Gasteiger partial charge on any atom is -0.383 e. The number of halogens is 1. The molecule has 0 atom stereocenters. The van der Waals surface area contributed by atoms with E-state index in [0.29, 0.717) is 5.82 Å². The normalized spacial score (nSPS) is 11.2. The fourth-order valence-electron chi connectivity index (χ4n) is 2.46. The third kappa shape index (κ3) is 2.02. The molecule has 0 aliphatic rings. The molecule has 0 bridgehead atoms. The van der Waals surface area contributed by atoms with Gasteiger partial charge in [-0.1, -0.05) is 23.7 Å². The number of aryl methyl sites for hydroxylation is 1. The predicted molar refractivity (Wildman–Crippen MR) is 82.0 cm³/mol. The van der Waals surface area contributed by atoms with Crippen molar-refractivity contribution < 1.29 is 0 Å². The third-order valence-corrected chi connectivity index (χ3v) is 3.94. The first-order valence-electron chi connectivity index (χ1n) is 6.38. The molecule has 20 heavy (non-hydrogen) atoms. The lowest BCUT2D eigenvalue weighted by Crippen LogP contribution is -2.03. The molecular weight excluding hydrogens is 272 g/mol. The number of benzene rings is 1. The molecule has 2 heterocycles. The van der Waals surface area contributed by atoms with E-state index in [9.17, 15) is 0 Å². The van der Waals surface area contributed by atoms with Gasteiger partial charge in [0.25, 0.3) is 0 Å². The first-order chi connectivity index (χ1) is 9.58. The van der Waals surface area contributed by atoms with Gasteiger partial charge in [0.1, 0.15) is 17.8 Å². The summed E-state index contributed by atoms with van der Waals surface area (Å²) in [6, 6.07) is 7.84. The highest BCUT2D eigenvalue weighted by Crippen LogP contribution is 2.27. The minimum absolute atomic E-state index is 0.533. The van der Waals surface area contributed by atoms with Gasteiger partial charge < -0.3 is 10.3 Å². The Labute approximate surface area is 122 Å². The molecular formula is C15H15ClN4. The van der Waals surface area contributed by atoms with Crippen LogP contribution in [0.2, 0.25) is 5.02 Å². The van der Waals surface area contributed by atoms with Gasteiger partial charge in [0.15, 0.2) is 0 Å². The summed E-state index contributed by atoms with van der Waals surface area (Å²) in [5, 5.41) is 1.68. The monoisotopic (exact) mass is 286 g/mol. The highest BCUT2D eigenvalue weighted by Gasteiger charge is 2.15. The second-order valence-corrected chi connectivity index (χ2v) is 5.32. The van der Waals surface area contributed by atoms with Gasteiger partial charge in [-0.25, -0.2) is 9.97 Å². The average Bonchev–Trinajstić information content (AvgIpc) is 2.67. The van der Waals surface area contributed by atoms with E-state index in [-0.39, 0.29) is 0 Å². The van der Waals surface area contributed by atoms with Crippen molar-refractivity contribution >= 4 is 28.5 Å². The van der Waals surface area contributed by atoms with Crippen LogP contribution in [-0.4, -0.2) is 14.5 Å². The molecule has 0 fully saturated rings. The molecule has 5 heteroatoms. The number of nitrogen functional groups attached to an aromatic ring is 1. The molecule has 3 aromatic rings. The van der Waals surface area contributed by atoms with Crippen molar-refractivity contribution in [2.45, 2.75) is 20.4 Å². The lowest BCUT2D eigenvalue weighted by molar-refractivity contribution is 0.790. The Kier molecular flexibility index (Phi) is 3.10. The van der Waals surface area contributed by atoms with Crippen molar-refractivity contribution in [2.24, 2.45) is 0 Å². The van der Waals surface area contributed by atoms with Crippen LogP contribution in [0.15, 0.2) is 30.6 Å². The van der Waals surface area contributed by atoms with Crippen molar-refractivity contribution in [2.75, 3.05) is 5.73 Å². The van der Waals surface area contributed by atoms with E-state index in [1.54, 1.807) is 0 Å². The molecule has 2 N–H and O–H groups in total. The molecule has 0 radical (unpaired) electrons. The van der Waals surface area contributed by atoms with Crippen LogP contribution in [0.3, 0.4) is 0 Å². The average molecular weight is 287 g/mol. The summed E-state index contributed by atoms with van der Waals surface area (Å²) in [7, 11) is 0. The van der Waals surface area contributed by atoms with Crippen LogP contribution >= 0.6 is 11.6 Å². The SMILES string of the molecule is Cc1c(C)n(Cc2ccc(Cl)cc2)c2ncnc(N)c12. The Hall–Kier alpha value is -2.07. The van der Waals surface area contributed by atoms with Crippen LogP contribution < -0.4 is 5.73 Å². The largest absolute Gasteiger partial charge is 0.383 e. The zero-order valence-electron chi connectivity index (χ0n) is 11.4. The molecule has 0 saturated heterocycles. The number of nitrogens with zero attached hydrogens (tertiary/aromatic N) is 3. The third-order valence-electron chi connectivity index (χ3n) is 3.69. The van der Waals surface area contributed by atoms with E-state index in [4.69, 9.17) is 17.3 Å². The summed E-state index contributed by atoms with van der Waals surface area (Å²) in [6.07, 6.45) is 1.51. The van der Waals surface area contributed by atoms with Crippen molar-refractivity contribution in [3.63, 3.8) is 0 Å². The van der Waals surface area contributed by atoms with Gasteiger partial charge in [0, 0.05) is 17.3 Å². The molecule has 0 amide bonds. The van der Waals surface area contributed by atoms with Crippen LogP contribution in [0.5, 0.6) is 0 Å². The Morgan fingerprint density at radius 3 is 2.55 bits per heavy atom. The summed E-state index contributed by atoms with van der Waals surface area (Å²) < 4.78 is 2.16. The van der Waals surface area contributed by atoms with Gasteiger partial charge in [0.2, 0.25) is 0 Å². The van der Waals surface area contributed by atoms with Gasteiger partial charge >= 0.3 is 0 Å². The van der Waals surface area contributed by atoms with Gasteiger partial charge in [-0.05, 0) is 37.1 Å². The van der Waals surface area contributed by atoms with Crippen molar-refractivity contribution in [3.8, 4) is 0 Å². The molecule has 0 spiro atoms. The standard InChI is InChI=1S/C15H15ClN4/c1-9-10(2)20(7-11-3-5-12(16)6-4-11)15-13(9)14(17)18-8-19-15/h3-6,8H,7H2,1-2H3,(H2,17,18,19). The highest BCUT2D eigenvalue weighted by molar-refractivity contribution is 6.30. The Balaban J connectivity index is 2.14. The molecule has 4 nitrogen and oxygen atoms in total. The van der Waals surface area contributed by atoms with Gasteiger partial charge in [-0.15, -0.1) is 0 Å². The maximum atomic E-state index is 5.97. The number of aromatic nitrogens is 3. The maximum absolute atomic E-state index is 5.97. The van der Waals surface area contributed by atoms with E-state index < -0.39 is 0 Å². The lowest BCUT2D eigenvalue weighted by atomic mass is 10.2. The van der Waals surface area contributed by atoms with Gasteiger partial charge in [-0.2, -0.15) is 0 Å². The molecule has 1 aromatic carbocycles. The zero-order chi connectivity index (χ0) is 14.3. The van der Waals surface area contributed by atoms with Crippen molar-refractivity contribution in [3.05, 3.63) is 52.4 Å². The quantitative estimate of drug-likeness (QED) is 0.786. The molecule has 2 aromatic heterocycles.